The molecule has 0 atom stereocenters. The van der Waals surface area contributed by atoms with Crippen molar-refractivity contribution in [1.29, 1.82) is 5.26 Å². The molecule has 0 bridgehead atoms. The predicted molar refractivity (Wildman–Crippen MR) is 95.4 cm³/mol. The van der Waals surface area contributed by atoms with Crippen molar-refractivity contribution in [2.45, 2.75) is 0 Å². The highest BCUT2D eigenvalue weighted by atomic mass is 35.5. The topological polar surface area (TPSA) is 74.1 Å². The molecular weight excluding hydrogens is 349 g/mol. The lowest BCUT2D eigenvalue weighted by Gasteiger charge is -2.09. The number of halogens is 2. The summed E-state index contributed by atoms with van der Waals surface area (Å²) in [5.74, 6) is -0.0601. The van der Waals surface area contributed by atoms with Crippen molar-refractivity contribution < 1.29 is 9.53 Å². The van der Waals surface area contributed by atoms with Gasteiger partial charge in [-0.2, -0.15) is 5.26 Å². The summed E-state index contributed by atoms with van der Waals surface area (Å²) in [5.41, 5.74) is 0.968. The van der Waals surface area contributed by atoms with E-state index in [1.807, 2.05) is 6.07 Å². The fraction of sp³-hybridized carbons (Fsp3) is 0.0588. The maximum Gasteiger partial charge on any atom is 0.267 e. The van der Waals surface area contributed by atoms with E-state index < -0.39 is 5.91 Å². The van der Waals surface area contributed by atoms with Gasteiger partial charge in [0.2, 0.25) is 0 Å². The SMILES string of the molecule is COc1ccccc1NC(=O)/C(C#N)=C\Nc1ccc(Cl)c(Cl)c1. The van der Waals surface area contributed by atoms with Crippen LogP contribution in [0.25, 0.3) is 0 Å². The summed E-state index contributed by atoms with van der Waals surface area (Å²) < 4.78 is 5.15. The second-order valence-corrected chi connectivity index (χ2v) is 5.41. The first-order valence-corrected chi connectivity index (χ1v) is 7.57. The number of rotatable bonds is 5. The number of hydrogen-bond acceptors (Lipinski definition) is 4. The van der Waals surface area contributed by atoms with Gasteiger partial charge in [0, 0.05) is 11.9 Å². The van der Waals surface area contributed by atoms with Crippen molar-refractivity contribution in [3.05, 3.63) is 64.3 Å². The molecule has 2 aromatic rings. The number of nitrogens with zero attached hydrogens (tertiary/aromatic N) is 1. The number of amides is 1. The van der Waals surface area contributed by atoms with E-state index in [1.165, 1.54) is 13.3 Å². The zero-order chi connectivity index (χ0) is 17.5. The molecule has 5 nitrogen and oxygen atoms in total. The smallest absolute Gasteiger partial charge is 0.267 e. The molecule has 0 aliphatic heterocycles. The van der Waals surface area contributed by atoms with E-state index >= 15 is 0 Å². The minimum atomic E-state index is -0.561. The quantitative estimate of drug-likeness (QED) is 0.608. The second-order valence-electron chi connectivity index (χ2n) is 4.60. The number of nitrogens with one attached hydrogen (secondary N) is 2. The van der Waals surface area contributed by atoms with E-state index in [0.29, 0.717) is 27.2 Å². The summed E-state index contributed by atoms with van der Waals surface area (Å²) in [7, 11) is 1.50. The Morgan fingerprint density at radius 3 is 2.62 bits per heavy atom. The van der Waals surface area contributed by atoms with Crippen LogP contribution in [0.15, 0.2) is 54.2 Å². The standard InChI is InChI=1S/C17H13Cl2N3O2/c1-24-16-5-3-2-4-15(16)22-17(23)11(9-20)10-21-12-6-7-13(18)14(19)8-12/h2-8,10,21H,1H3,(H,22,23)/b11-10-. The molecule has 0 heterocycles. The average Bonchev–Trinajstić information content (AvgIpc) is 2.59. The molecule has 2 N–H and O–H groups in total. The van der Waals surface area contributed by atoms with Crippen LogP contribution < -0.4 is 15.4 Å². The van der Waals surface area contributed by atoms with Crippen molar-refractivity contribution in [2.75, 3.05) is 17.7 Å². The molecule has 0 spiro atoms. The minimum Gasteiger partial charge on any atom is -0.495 e. The number of para-hydroxylation sites is 2. The summed E-state index contributed by atoms with van der Waals surface area (Å²) in [6.45, 7) is 0. The van der Waals surface area contributed by atoms with Crippen molar-refractivity contribution in [1.82, 2.24) is 0 Å². The van der Waals surface area contributed by atoms with Gasteiger partial charge in [0.25, 0.3) is 5.91 Å². The number of ether oxygens (including phenoxy) is 1. The van der Waals surface area contributed by atoms with Gasteiger partial charge >= 0.3 is 0 Å². The molecule has 0 radical (unpaired) electrons. The van der Waals surface area contributed by atoms with Gasteiger partial charge in [0.1, 0.15) is 17.4 Å². The summed E-state index contributed by atoms with van der Waals surface area (Å²) in [6.07, 6.45) is 1.30. The van der Waals surface area contributed by atoms with Crippen LogP contribution in [0.4, 0.5) is 11.4 Å². The van der Waals surface area contributed by atoms with Gasteiger partial charge in [-0.15, -0.1) is 0 Å². The molecule has 24 heavy (non-hydrogen) atoms. The molecule has 0 saturated heterocycles. The maximum atomic E-state index is 12.2. The average molecular weight is 362 g/mol. The Morgan fingerprint density at radius 1 is 1.21 bits per heavy atom. The van der Waals surface area contributed by atoms with E-state index in [-0.39, 0.29) is 5.57 Å². The molecule has 2 rings (SSSR count). The van der Waals surface area contributed by atoms with Crippen LogP contribution in [0.5, 0.6) is 5.75 Å². The van der Waals surface area contributed by atoms with Crippen LogP contribution in [-0.4, -0.2) is 13.0 Å². The number of hydrogen-bond donors (Lipinski definition) is 2. The first-order chi connectivity index (χ1) is 11.5. The Hall–Kier alpha value is -2.68. The minimum absolute atomic E-state index is 0.105. The van der Waals surface area contributed by atoms with Crippen LogP contribution in [0.3, 0.4) is 0 Å². The van der Waals surface area contributed by atoms with Crippen LogP contribution >= 0.6 is 23.2 Å². The fourth-order valence-electron chi connectivity index (χ4n) is 1.83. The third-order valence-corrected chi connectivity index (χ3v) is 3.76. The summed E-state index contributed by atoms with van der Waals surface area (Å²) in [5, 5.41) is 15.4. The van der Waals surface area contributed by atoms with Crippen molar-refractivity contribution in [3.8, 4) is 11.8 Å². The molecule has 0 saturated carbocycles. The Balaban J connectivity index is 2.13. The number of methoxy groups -OCH3 is 1. The largest absolute Gasteiger partial charge is 0.495 e. The summed E-state index contributed by atoms with van der Waals surface area (Å²) >= 11 is 11.8. The molecule has 0 aromatic heterocycles. The van der Waals surface area contributed by atoms with Gasteiger partial charge < -0.3 is 15.4 Å². The molecule has 0 aliphatic carbocycles. The summed E-state index contributed by atoms with van der Waals surface area (Å²) in [4.78, 5) is 12.2. The molecular formula is C17H13Cl2N3O2. The number of benzene rings is 2. The van der Waals surface area contributed by atoms with Gasteiger partial charge in [-0.05, 0) is 30.3 Å². The monoisotopic (exact) mass is 361 g/mol. The van der Waals surface area contributed by atoms with Gasteiger partial charge in [-0.3, -0.25) is 4.79 Å². The lowest BCUT2D eigenvalue weighted by Crippen LogP contribution is -2.15. The van der Waals surface area contributed by atoms with Gasteiger partial charge in [-0.1, -0.05) is 35.3 Å². The molecule has 1 amide bonds. The highest BCUT2D eigenvalue weighted by molar-refractivity contribution is 6.42. The number of carbonyl (C=O) groups is 1. The molecule has 2 aromatic carbocycles. The number of nitriles is 1. The number of anilines is 2. The van der Waals surface area contributed by atoms with E-state index in [4.69, 9.17) is 27.9 Å². The van der Waals surface area contributed by atoms with Crippen molar-refractivity contribution in [3.63, 3.8) is 0 Å². The summed E-state index contributed by atoms with van der Waals surface area (Å²) in [6, 6.07) is 13.6. The lowest BCUT2D eigenvalue weighted by atomic mass is 10.2. The molecule has 0 aliphatic rings. The zero-order valence-corrected chi connectivity index (χ0v) is 14.2. The Morgan fingerprint density at radius 2 is 1.96 bits per heavy atom. The predicted octanol–water partition coefficient (Wildman–Crippen LogP) is 4.46. The van der Waals surface area contributed by atoms with Gasteiger partial charge in [-0.25, -0.2) is 0 Å². The van der Waals surface area contributed by atoms with Crippen molar-refractivity contribution in [2.24, 2.45) is 0 Å². The molecule has 7 heteroatoms. The Bertz CT molecular complexity index is 829. The van der Waals surface area contributed by atoms with E-state index in [1.54, 1.807) is 42.5 Å². The lowest BCUT2D eigenvalue weighted by molar-refractivity contribution is -0.112. The Labute approximate surface area is 149 Å². The van der Waals surface area contributed by atoms with E-state index in [2.05, 4.69) is 10.6 Å². The van der Waals surface area contributed by atoms with Crippen LogP contribution in [0, 0.1) is 11.3 Å². The van der Waals surface area contributed by atoms with Crippen LogP contribution in [-0.2, 0) is 4.79 Å². The van der Waals surface area contributed by atoms with Gasteiger partial charge in [0.05, 0.1) is 22.8 Å². The third kappa shape index (κ3) is 4.42. The highest BCUT2D eigenvalue weighted by Gasteiger charge is 2.12. The highest BCUT2D eigenvalue weighted by Crippen LogP contribution is 2.25. The molecule has 0 unspecified atom stereocenters. The van der Waals surface area contributed by atoms with E-state index in [9.17, 15) is 10.1 Å². The van der Waals surface area contributed by atoms with Crippen LogP contribution in [0.2, 0.25) is 10.0 Å². The zero-order valence-electron chi connectivity index (χ0n) is 12.6. The normalized spacial score (nSPS) is 10.7. The maximum absolute atomic E-state index is 12.2. The first-order valence-electron chi connectivity index (χ1n) is 6.81. The van der Waals surface area contributed by atoms with Crippen LogP contribution in [0.1, 0.15) is 0 Å². The number of carbonyl (C=O) groups excluding carboxylic acids is 1. The first kappa shape index (κ1) is 17.7. The third-order valence-electron chi connectivity index (χ3n) is 3.02. The second kappa shape index (κ2) is 8.25. The van der Waals surface area contributed by atoms with Crippen molar-refractivity contribution >= 4 is 40.5 Å². The Kier molecular flexibility index (Phi) is 6.07. The van der Waals surface area contributed by atoms with E-state index in [0.717, 1.165) is 0 Å². The fourth-order valence-corrected chi connectivity index (χ4v) is 2.13. The molecule has 0 fully saturated rings. The molecule has 122 valence electrons. The van der Waals surface area contributed by atoms with Gasteiger partial charge in [0.15, 0.2) is 0 Å².